The van der Waals surface area contributed by atoms with Crippen LogP contribution in [0.2, 0.25) is 0 Å². The van der Waals surface area contributed by atoms with E-state index in [-0.39, 0.29) is 5.56 Å². The van der Waals surface area contributed by atoms with Gasteiger partial charge in [-0.2, -0.15) is 5.26 Å². The highest BCUT2D eigenvalue weighted by Crippen LogP contribution is 2.36. The molecule has 0 fully saturated rings. The van der Waals surface area contributed by atoms with Gasteiger partial charge in [0.1, 0.15) is 11.6 Å². The first-order chi connectivity index (χ1) is 11.5. The zero-order chi connectivity index (χ0) is 17.3. The lowest BCUT2D eigenvalue weighted by Gasteiger charge is -2.13. The van der Waals surface area contributed by atoms with Gasteiger partial charge in [-0.05, 0) is 47.3 Å². The number of benzene rings is 3. The molecule has 0 aliphatic heterocycles. The zero-order valence-corrected chi connectivity index (χ0v) is 12.7. The normalized spacial score (nSPS) is 10.4. The van der Waals surface area contributed by atoms with E-state index in [1.165, 1.54) is 31.4 Å². The molecule has 0 saturated heterocycles. The second-order valence-electron chi connectivity index (χ2n) is 5.19. The Morgan fingerprint density at radius 1 is 1.08 bits per heavy atom. The molecule has 0 amide bonds. The van der Waals surface area contributed by atoms with E-state index in [0.29, 0.717) is 33.2 Å². The molecule has 3 aromatic carbocycles. The second kappa shape index (κ2) is 6.01. The lowest BCUT2D eigenvalue weighted by Crippen LogP contribution is -1.97. The van der Waals surface area contributed by atoms with E-state index in [1.54, 1.807) is 24.3 Å². The van der Waals surface area contributed by atoms with Crippen molar-refractivity contribution >= 4 is 16.7 Å². The van der Waals surface area contributed by atoms with Crippen molar-refractivity contribution in [2.45, 2.75) is 0 Å². The van der Waals surface area contributed by atoms with Crippen LogP contribution in [0.15, 0.2) is 48.5 Å². The topological polar surface area (TPSA) is 70.3 Å². The van der Waals surface area contributed by atoms with Gasteiger partial charge in [-0.15, -0.1) is 0 Å². The van der Waals surface area contributed by atoms with E-state index < -0.39 is 11.8 Å². The van der Waals surface area contributed by atoms with Gasteiger partial charge in [0.05, 0.1) is 24.3 Å². The molecule has 3 rings (SSSR count). The molecule has 0 aliphatic carbocycles. The number of hydrogen-bond donors (Lipinski definition) is 1. The van der Waals surface area contributed by atoms with Gasteiger partial charge in [0.25, 0.3) is 0 Å². The molecule has 1 N–H and O–H groups in total. The lowest BCUT2D eigenvalue weighted by molar-refractivity contribution is 0.0697. The van der Waals surface area contributed by atoms with Crippen LogP contribution >= 0.6 is 0 Å². The quantitative estimate of drug-likeness (QED) is 0.784. The van der Waals surface area contributed by atoms with Crippen LogP contribution in [0.4, 0.5) is 4.39 Å². The number of carbonyl (C=O) groups is 1. The first kappa shape index (κ1) is 15.5. The molecule has 4 nitrogen and oxygen atoms in total. The smallest absolute Gasteiger partial charge is 0.335 e. The van der Waals surface area contributed by atoms with E-state index in [0.717, 1.165) is 0 Å². The van der Waals surface area contributed by atoms with Crippen LogP contribution in [0.3, 0.4) is 0 Å². The van der Waals surface area contributed by atoms with Crippen molar-refractivity contribution in [3.05, 3.63) is 65.5 Å². The molecule has 118 valence electrons. The molecular weight excluding hydrogens is 309 g/mol. The summed E-state index contributed by atoms with van der Waals surface area (Å²) in [6.07, 6.45) is 0. The SMILES string of the molecule is COc1cc(C#N)ccc1-c1ccc(F)c2ccc(C(=O)O)cc12. The number of carboxylic acid groups (broad SMARTS) is 1. The maximum Gasteiger partial charge on any atom is 0.335 e. The van der Waals surface area contributed by atoms with Crippen LogP contribution in [0.25, 0.3) is 21.9 Å². The van der Waals surface area contributed by atoms with Crippen molar-refractivity contribution < 1.29 is 19.0 Å². The monoisotopic (exact) mass is 321 g/mol. The summed E-state index contributed by atoms with van der Waals surface area (Å²) in [6.45, 7) is 0. The molecule has 0 radical (unpaired) electrons. The molecule has 0 aliphatic rings. The van der Waals surface area contributed by atoms with Crippen LogP contribution in [0.5, 0.6) is 5.75 Å². The number of ether oxygens (including phenoxy) is 1. The first-order valence-electron chi connectivity index (χ1n) is 7.09. The van der Waals surface area contributed by atoms with E-state index in [9.17, 15) is 14.3 Å². The van der Waals surface area contributed by atoms with Crippen LogP contribution in [-0.2, 0) is 0 Å². The Hall–Kier alpha value is -3.39. The lowest BCUT2D eigenvalue weighted by atomic mass is 9.95. The third-order valence-electron chi connectivity index (χ3n) is 3.83. The Morgan fingerprint density at radius 3 is 2.50 bits per heavy atom. The average molecular weight is 321 g/mol. The van der Waals surface area contributed by atoms with E-state index in [4.69, 9.17) is 10.00 Å². The summed E-state index contributed by atoms with van der Waals surface area (Å²) in [5, 5.41) is 19.0. The standard InChI is InChI=1S/C19H12FNO3/c1-24-18-8-11(10-21)2-4-15(18)13-6-7-17(20)14-5-3-12(19(22)23)9-16(13)14/h2-9H,1H3,(H,22,23). The second-order valence-corrected chi connectivity index (χ2v) is 5.19. The minimum absolute atomic E-state index is 0.0713. The number of methoxy groups -OCH3 is 1. The highest BCUT2D eigenvalue weighted by molar-refractivity contribution is 6.02. The third-order valence-corrected chi connectivity index (χ3v) is 3.83. The Morgan fingerprint density at radius 2 is 1.83 bits per heavy atom. The molecule has 0 unspecified atom stereocenters. The highest BCUT2D eigenvalue weighted by Gasteiger charge is 2.14. The number of nitriles is 1. The molecule has 0 bridgehead atoms. The molecule has 0 heterocycles. The number of fused-ring (bicyclic) bond motifs is 1. The molecule has 5 heteroatoms. The predicted molar refractivity (Wildman–Crippen MR) is 87.6 cm³/mol. The van der Waals surface area contributed by atoms with Crippen molar-refractivity contribution in [1.29, 1.82) is 5.26 Å². The molecule has 0 aromatic heterocycles. The number of halogens is 1. The van der Waals surface area contributed by atoms with Crippen LogP contribution in [0.1, 0.15) is 15.9 Å². The van der Waals surface area contributed by atoms with Crippen LogP contribution in [-0.4, -0.2) is 18.2 Å². The van der Waals surface area contributed by atoms with Gasteiger partial charge in [0.2, 0.25) is 0 Å². The van der Waals surface area contributed by atoms with E-state index in [1.807, 2.05) is 6.07 Å². The summed E-state index contributed by atoms with van der Waals surface area (Å²) in [5.41, 5.74) is 1.80. The van der Waals surface area contributed by atoms with Crippen molar-refractivity contribution in [2.24, 2.45) is 0 Å². The molecule has 24 heavy (non-hydrogen) atoms. The summed E-state index contributed by atoms with van der Waals surface area (Å²) >= 11 is 0. The maximum absolute atomic E-state index is 14.1. The average Bonchev–Trinajstić information content (AvgIpc) is 2.61. The Balaban J connectivity index is 2.34. The minimum Gasteiger partial charge on any atom is -0.496 e. The molecule has 0 spiro atoms. The van der Waals surface area contributed by atoms with Gasteiger partial charge in [-0.3, -0.25) is 0 Å². The number of nitrogens with zero attached hydrogens (tertiary/aromatic N) is 1. The number of rotatable bonds is 3. The predicted octanol–water partition coefficient (Wildman–Crippen LogP) is 4.22. The van der Waals surface area contributed by atoms with Gasteiger partial charge >= 0.3 is 5.97 Å². The van der Waals surface area contributed by atoms with Crippen molar-refractivity contribution in [2.75, 3.05) is 7.11 Å². The van der Waals surface area contributed by atoms with Gasteiger partial charge in [-0.1, -0.05) is 12.1 Å². The summed E-state index contributed by atoms with van der Waals surface area (Å²) in [4.78, 5) is 11.2. The Kier molecular flexibility index (Phi) is 3.88. The maximum atomic E-state index is 14.1. The van der Waals surface area contributed by atoms with Crippen molar-refractivity contribution in [3.8, 4) is 22.9 Å². The largest absolute Gasteiger partial charge is 0.496 e. The number of carboxylic acids is 1. The van der Waals surface area contributed by atoms with Crippen molar-refractivity contribution in [1.82, 2.24) is 0 Å². The summed E-state index contributed by atoms with van der Waals surface area (Å²) < 4.78 is 19.4. The molecule has 0 atom stereocenters. The molecule has 3 aromatic rings. The summed E-state index contributed by atoms with van der Waals surface area (Å²) in [7, 11) is 1.48. The van der Waals surface area contributed by atoms with Crippen LogP contribution in [0, 0.1) is 17.1 Å². The van der Waals surface area contributed by atoms with Gasteiger partial charge in [-0.25, -0.2) is 9.18 Å². The molecule has 0 saturated carbocycles. The Bertz CT molecular complexity index is 1010. The first-order valence-corrected chi connectivity index (χ1v) is 7.09. The van der Waals surface area contributed by atoms with Gasteiger partial charge < -0.3 is 9.84 Å². The fourth-order valence-corrected chi connectivity index (χ4v) is 2.66. The fraction of sp³-hybridized carbons (Fsp3) is 0.0526. The fourth-order valence-electron chi connectivity index (χ4n) is 2.66. The molecular formula is C19H12FNO3. The van der Waals surface area contributed by atoms with Gasteiger partial charge in [0, 0.05) is 10.9 Å². The van der Waals surface area contributed by atoms with Crippen molar-refractivity contribution in [3.63, 3.8) is 0 Å². The zero-order valence-electron chi connectivity index (χ0n) is 12.7. The summed E-state index contributed by atoms with van der Waals surface area (Å²) in [6, 6.07) is 14.1. The van der Waals surface area contributed by atoms with E-state index in [2.05, 4.69) is 0 Å². The minimum atomic E-state index is -1.08. The number of aromatic carboxylic acids is 1. The Labute approximate surface area is 137 Å². The van der Waals surface area contributed by atoms with Gasteiger partial charge in [0.15, 0.2) is 0 Å². The third kappa shape index (κ3) is 2.55. The number of hydrogen-bond acceptors (Lipinski definition) is 3. The van der Waals surface area contributed by atoms with E-state index >= 15 is 0 Å². The summed E-state index contributed by atoms with van der Waals surface area (Å²) in [5.74, 6) is -1.06. The highest BCUT2D eigenvalue weighted by atomic mass is 19.1. The van der Waals surface area contributed by atoms with Crippen LogP contribution < -0.4 is 4.74 Å².